The molecule has 0 aliphatic heterocycles. The molecule has 0 spiro atoms. The molecule has 0 aliphatic carbocycles. The quantitative estimate of drug-likeness (QED) is 0.768. The predicted molar refractivity (Wildman–Crippen MR) is 92.0 cm³/mol. The van der Waals surface area contributed by atoms with E-state index in [9.17, 15) is 4.79 Å². The van der Waals surface area contributed by atoms with E-state index in [1.54, 1.807) is 12.4 Å². The van der Waals surface area contributed by atoms with Crippen molar-refractivity contribution in [3.05, 3.63) is 42.4 Å². The van der Waals surface area contributed by atoms with Crippen LogP contribution in [0.1, 0.15) is 38.8 Å². The Labute approximate surface area is 135 Å². The molecule has 2 aromatic heterocycles. The van der Waals surface area contributed by atoms with Gasteiger partial charge in [0, 0.05) is 24.4 Å². The fourth-order valence-electron chi connectivity index (χ4n) is 1.99. The zero-order chi connectivity index (χ0) is 15.8. The van der Waals surface area contributed by atoms with Crippen LogP contribution in [0.25, 0.3) is 10.6 Å². The number of pyridine rings is 1. The van der Waals surface area contributed by atoms with Gasteiger partial charge in [-0.15, -0.1) is 0 Å². The molecule has 0 aromatic carbocycles. The van der Waals surface area contributed by atoms with Gasteiger partial charge in [0.15, 0.2) is 0 Å². The smallest absolute Gasteiger partial charge is 0.225 e. The number of rotatable bonds is 7. The first-order chi connectivity index (χ1) is 10.7. The van der Waals surface area contributed by atoms with E-state index in [0.29, 0.717) is 6.42 Å². The van der Waals surface area contributed by atoms with Crippen molar-refractivity contribution < 1.29 is 4.79 Å². The maximum atomic E-state index is 12.0. The van der Waals surface area contributed by atoms with Gasteiger partial charge in [-0.05, 0) is 31.4 Å². The summed E-state index contributed by atoms with van der Waals surface area (Å²) in [7, 11) is 0. The SMILES string of the molecule is CC/C=C/CCC(=O)Nc1sc(-c2cccnc2)nc1CC. The molecular formula is C17H21N3OS. The highest BCUT2D eigenvalue weighted by Crippen LogP contribution is 2.32. The van der Waals surface area contributed by atoms with E-state index in [1.165, 1.54) is 11.3 Å². The normalized spacial score (nSPS) is 11.0. The molecule has 1 amide bonds. The second-order valence-corrected chi connectivity index (χ2v) is 5.86. The van der Waals surface area contributed by atoms with E-state index in [-0.39, 0.29) is 5.91 Å². The molecule has 2 aromatic rings. The van der Waals surface area contributed by atoms with Crippen molar-refractivity contribution in [1.29, 1.82) is 0 Å². The lowest BCUT2D eigenvalue weighted by Gasteiger charge is -2.02. The van der Waals surface area contributed by atoms with Crippen molar-refractivity contribution in [2.75, 3.05) is 5.32 Å². The Kier molecular flexibility index (Phi) is 6.27. The number of thiazole rings is 1. The van der Waals surface area contributed by atoms with Crippen LogP contribution >= 0.6 is 11.3 Å². The summed E-state index contributed by atoms with van der Waals surface area (Å²) in [5.74, 6) is 0.0387. The summed E-state index contributed by atoms with van der Waals surface area (Å²) in [4.78, 5) is 20.7. The van der Waals surface area contributed by atoms with Crippen molar-refractivity contribution >= 4 is 22.2 Å². The third-order valence-corrected chi connectivity index (χ3v) is 4.20. The van der Waals surface area contributed by atoms with Gasteiger partial charge in [0.25, 0.3) is 0 Å². The van der Waals surface area contributed by atoms with Crippen molar-refractivity contribution in [1.82, 2.24) is 9.97 Å². The molecular weight excluding hydrogens is 294 g/mol. The zero-order valence-corrected chi connectivity index (χ0v) is 13.8. The first-order valence-electron chi connectivity index (χ1n) is 7.59. The fraction of sp³-hybridized carbons (Fsp3) is 0.353. The van der Waals surface area contributed by atoms with Crippen LogP contribution in [0.5, 0.6) is 0 Å². The molecule has 4 nitrogen and oxygen atoms in total. The van der Waals surface area contributed by atoms with Crippen molar-refractivity contribution in [3.8, 4) is 10.6 Å². The largest absolute Gasteiger partial charge is 0.316 e. The molecule has 0 fully saturated rings. The number of aromatic nitrogens is 2. The Morgan fingerprint density at radius 3 is 2.91 bits per heavy atom. The molecule has 0 saturated carbocycles. The molecule has 116 valence electrons. The maximum absolute atomic E-state index is 12.0. The number of aryl methyl sites for hydroxylation is 1. The minimum atomic E-state index is 0.0387. The van der Waals surface area contributed by atoms with Crippen LogP contribution in [-0.2, 0) is 11.2 Å². The van der Waals surface area contributed by atoms with E-state index < -0.39 is 0 Å². The molecule has 1 N–H and O–H groups in total. The number of hydrogen-bond donors (Lipinski definition) is 1. The van der Waals surface area contributed by atoms with E-state index >= 15 is 0 Å². The first kappa shape index (κ1) is 16.4. The molecule has 5 heteroatoms. The van der Waals surface area contributed by atoms with E-state index in [1.807, 2.05) is 25.1 Å². The Bertz CT molecular complexity index is 635. The van der Waals surface area contributed by atoms with E-state index in [0.717, 1.165) is 40.5 Å². The zero-order valence-electron chi connectivity index (χ0n) is 13.0. The molecule has 22 heavy (non-hydrogen) atoms. The molecule has 0 atom stereocenters. The number of carbonyl (C=O) groups excluding carboxylic acids is 1. The third-order valence-electron chi connectivity index (χ3n) is 3.13. The van der Waals surface area contributed by atoms with Gasteiger partial charge in [-0.25, -0.2) is 4.98 Å². The summed E-state index contributed by atoms with van der Waals surface area (Å²) in [6.07, 6.45) is 10.7. The number of hydrogen-bond acceptors (Lipinski definition) is 4. The maximum Gasteiger partial charge on any atom is 0.225 e. The summed E-state index contributed by atoms with van der Waals surface area (Å²) in [6, 6.07) is 3.87. The number of nitrogens with one attached hydrogen (secondary N) is 1. The van der Waals surface area contributed by atoms with Gasteiger partial charge in [0.05, 0.1) is 5.69 Å². The van der Waals surface area contributed by atoms with Crippen LogP contribution in [0.3, 0.4) is 0 Å². The van der Waals surface area contributed by atoms with Gasteiger partial charge in [-0.3, -0.25) is 9.78 Å². The minimum Gasteiger partial charge on any atom is -0.316 e. The highest BCUT2D eigenvalue weighted by molar-refractivity contribution is 7.19. The Morgan fingerprint density at radius 2 is 2.23 bits per heavy atom. The summed E-state index contributed by atoms with van der Waals surface area (Å²) >= 11 is 1.51. The number of carbonyl (C=O) groups is 1. The van der Waals surface area contributed by atoms with Crippen molar-refractivity contribution in [2.24, 2.45) is 0 Å². The van der Waals surface area contributed by atoms with Crippen molar-refractivity contribution in [2.45, 2.75) is 39.5 Å². The Hall–Kier alpha value is -2.01. The van der Waals surface area contributed by atoms with Gasteiger partial charge in [-0.1, -0.05) is 37.3 Å². The lowest BCUT2D eigenvalue weighted by molar-refractivity contribution is -0.116. The van der Waals surface area contributed by atoms with E-state index in [2.05, 4.69) is 28.3 Å². The average molecular weight is 315 g/mol. The van der Waals surface area contributed by atoms with Crippen LogP contribution in [0.2, 0.25) is 0 Å². The fourth-order valence-corrected chi connectivity index (χ4v) is 3.05. The summed E-state index contributed by atoms with van der Waals surface area (Å²) < 4.78 is 0. The highest BCUT2D eigenvalue weighted by Gasteiger charge is 2.13. The summed E-state index contributed by atoms with van der Waals surface area (Å²) in [6.45, 7) is 4.13. The van der Waals surface area contributed by atoms with Gasteiger partial charge in [0.1, 0.15) is 10.0 Å². The standard InChI is InChI=1S/C17H21N3OS/c1-3-5-6-7-10-15(21)20-17-14(4-2)19-16(22-17)13-9-8-11-18-12-13/h5-6,8-9,11-12H,3-4,7,10H2,1-2H3,(H,20,21)/b6-5+. The first-order valence-corrected chi connectivity index (χ1v) is 8.41. The van der Waals surface area contributed by atoms with E-state index in [4.69, 9.17) is 0 Å². The number of allylic oxidation sites excluding steroid dienone is 2. The lowest BCUT2D eigenvalue weighted by Crippen LogP contribution is -2.10. The topological polar surface area (TPSA) is 54.9 Å². The molecule has 2 rings (SSSR count). The van der Waals surface area contributed by atoms with Crippen LogP contribution in [0.4, 0.5) is 5.00 Å². The lowest BCUT2D eigenvalue weighted by atomic mass is 10.2. The second-order valence-electron chi connectivity index (χ2n) is 4.86. The van der Waals surface area contributed by atoms with Crippen LogP contribution in [-0.4, -0.2) is 15.9 Å². The van der Waals surface area contributed by atoms with Crippen LogP contribution in [0, 0.1) is 0 Å². The Morgan fingerprint density at radius 1 is 1.36 bits per heavy atom. The third kappa shape index (κ3) is 4.49. The average Bonchev–Trinajstić information content (AvgIpc) is 2.95. The highest BCUT2D eigenvalue weighted by atomic mass is 32.1. The van der Waals surface area contributed by atoms with Crippen LogP contribution < -0.4 is 5.32 Å². The molecule has 0 bridgehead atoms. The molecule has 0 saturated heterocycles. The second kappa shape index (κ2) is 8.44. The van der Waals surface area contributed by atoms with Gasteiger partial charge < -0.3 is 5.32 Å². The summed E-state index contributed by atoms with van der Waals surface area (Å²) in [5, 5.41) is 4.74. The van der Waals surface area contributed by atoms with Gasteiger partial charge >= 0.3 is 0 Å². The monoisotopic (exact) mass is 315 g/mol. The van der Waals surface area contributed by atoms with Gasteiger partial charge in [0.2, 0.25) is 5.91 Å². The van der Waals surface area contributed by atoms with Crippen LogP contribution in [0.15, 0.2) is 36.7 Å². The predicted octanol–water partition coefficient (Wildman–Crippen LogP) is 4.45. The number of amides is 1. The molecule has 2 heterocycles. The molecule has 0 unspecified atom stereocenters. The number of anilines is 1. The molecule has 0 aliphatic rings. The van der Waals surface area contributed by atoms with Crippen molar-refractivity contribution in [3.63, 3.8) is 0 Å². The summed E-state index contributed by atoms with van der Waals surface area (Å²) in [5.41, 5.74) is 1.91. The number of nitrogens with zero attached hydrogens (tertiary/aromatic N) is 2. The molecule has 0 radical (unpaired) electrons. The minimum absolute atomic E-state index is 0.0387. The van der Waals surface area contributed by atoms with Gasteiger partial charge in [-0.2, -0.15) is 0 Å². The Balaban J connectivity index is 2.06.